The van der Waals surface area contributed by atoms with Crippen LogP contribution in [0.1, 0.15) is 55.5 Å². The number of fused-ring (bicyclic) bond motifs is 2. The van der Waals surface area contributed by atoms with Crippen LogP contribution in [0.25, 0.3) is 32.3 Å². The lowest BCUT2D eigenvalue weighted by Crippen LogP contribution is -2.64. The predicted octanol–water partition coefficient (Wildman–Crippen LogP) is -1.15. The summed E-state index contributed by atoms with van der Waals surface area (Å²) < 4.78 is 20.2. The molecule has 8 amide bonds. The van der Waals surface area contributed by atoms with Gasteiger partial charge in [0.2, 0.25) is 41.4 Å². The number of methoxy groups -OCH3 is 1. The molecule has 500 valence electrons. The Morgan fingerprint density at radius 2 is 1.35 bits per heavy atom. The van der Waals surface area contributed by atoms with Crippen LogP contribution in [0.2, 0.25) is 0 Å². The van der Waals surface area contributed by atoms with Crippen LogP contribution in [0.15, 0.2) is 91.0 Å². The molecule has 12 unspecified atom stereocenters. The van der Waals surface area contributed by atoms with Crippen molar-refractivity contribution in [2.75, 3.05) is 40.0 Å². The van der Waals surface area contributed by atoms with Crippen molar-refractivity contribution in [1.82, 2.24) is 46.6 Å². The number of nitrogens with zero attached hydrogens (tertiary/aromatic N) is 4. The number of carbonyl (C=O) groups excluding carboxylic acids is 8. The minimum atomic E-state index is -2.22. The summed E-state index contributed by atoms with van der Waals surface area (Å²) in [6.07, 6.45) is -12.9. The van der Waals surface area contributed by atoms with Crippen molar-refractivity contribution in [3.63, 3.8) is 0 Å². The number of phenols is 1. The van der Waals surface area contributed by atoms with Crippen LogP contribution in [-0.2, 0) is 54.1 Å². The van der Waals surface area contributed by atoms with E-state index in [-0.39, 0.29) is 29.2 Å². The first-order valence-electron chi connectivity index (χ1n) is 29.3. The van der Waals surface area contributed by atoms with E-state index in [1.165, 1.54) is 36.5 Å². The number of rotatable bonds is 21. The number of aliphatic hydroxyl groups is 6. The highest BCUT2D eigenvalue weighted by molar-refractivity contribution is 7.90. The summed E-state index contributed by atoms with van der Waals surface area (Å²) in [4.78, 5) is 115. The summed E-state index contributed by atoms with van der Waals surface area (Å²) in [6.45, 7) is 1.98. The normalized spacial score (nSPS) is 24.5. The number of phenolic OH excluding ortho intramolecular Hbond substituents is 1. The van der Waals surface area contributed by atoms with Crippen molar-refractivity contribution >= 4 is 70.9 Å². The van der Waals surface area contributed by atoms with E-state index in [0.717, 1.165) is 57.7 Å². The van der Waals surface area contributed by atoms with Gasteiger partial charge in [-0.25, -0.2) is 5.26 Å². The number of aromatic hydroxyl groups is 1. The minimum Gasteiger partial charge on any atom is -0.504 e. The van der Waals surface area contributed by atoms with E-state index >= 15 is 0 Å². The van der Waals surface area contributed by atoms with E-state index in [4.69, 9.17) is 24.6 Å². The zero-order valence-electron chi connectivity index (χ0n) is 50.3. The number of aromatic nitrogens is 2. The summed E-state index contributed by atoms with van der Waals surface area (Å²) in [5.74, 6) is -10.4. The van der Waals surface area contributed by atoms with Gasteiger partial charge < -0.3 is 91.5 Å². The number of amides is 8. The Morgan fingerprint density at radius 1 is 0.742 bits per heavy atom. The van der Waals surface area contributed by atoms with Crippen molar-refractivity contribution in [3.8, 4) is 49.5 Å². The number of β-amino-alcohol motifs (C(OH)–C–C–N with tert-alkyl or cyclic N) is 1. The molecule has 5 aromatic rings. The van der Waals surface area contributed by atoms with E-state index in [1.54, 1.807) is 19.2 Å². The Morgan fingerprint density at radius 3 is 1.99 bits per heavy atom. The number of ether oxygens (including phenoxy) is 2. The molecule has 93 heavy (non-hydrogen) atoms. The third-order valence-electron chi connectivity index (χ3n) is 15.7. The topological polar surface area (TPSA) is 463 Å². The molecule has 3 fully saturated rings. The quantitative estimate of drug-likeness (QED) is 0.0178. The lowest BCUT2D eigenvalue weighted by molar-refractivity contribution is -0.433. The second kappa shape index (κ2) is 32.4. The Bertz CT molecular complexity index is 3440. The van der Waals surface area contributed by atoms with Crippen LogP contribution < -0.4 is 41.2 Å². The van der Waals surface area contributed by atoms with Gasteiger partial charge in [0.05, 0.1) is 49.7 Å². The molecule has 13 atom stereocenters. The Balaban J connectivity index is 1.06. The van der Waals surface area contributed by atoms with Gasteiger partial charge in [0.15, 0.2) is 11.5 Å². The Labute approximate surface area is 539 Å². The molecule has 15 N–H and O–H groups in total. The molecule has 0 spiro atoms. The lowest BCUT2D eigenvalue weighted by atomic mass is 9.98. The van der Waals surface area contributed by atoms with Crippen LogP contribution in [0, 0.1) is 5.92 Å². The van der Waals surface area contributed by atoms with Crippen LogP contribution in [-0.4, -0.2) is 221 Å². The van der Waals surface area contributed by atoms with Crippen molar-refractivity contribution in [1.29, 1.82) is 0 Å². The zero-order chi connectivity index (χ0) is 67.2. The molecule has 3 aliphatic rings. The number of benzene rings is 4. The van der Waals surface area contributed by atoms with Crippen LogP contribution in [0.5, 0.6) is 17.2 Å². The number of carbonyl (C=O) groups is 8. The first-order valence-corrected chi connectivity index (χ1v) is 30.8. The molecule has 33 heteroatoms. The number of hydrogen-bond donors (Lipinski definition) is 14. The summed E-state index contributed by atoms with van der Waals surface area (Å²) in [6, 6.07) is 13.3. The average Bonchev–Trinajstić information content (AvgIpc) is 1.72. The fourth-order valence-corrected chi connectivity index (χ4v) is 11.9. The van der Waals surface area contributed by atoms with Gasteiger partial charge >= 0.3 is 0 Å². The summed E-state index contributed by atoms with van der Waals surface area (Å²) in [7, 11) is 1.64. The number of aliphatic hydroxyl groups excluding tert-OH is 6. The maximum atomic E-state index is 14.7. The van der Waals surface area contributed by atoms with Gasteiger partial charge in [-0.1, -0.05) is 82.2 Å². The SMILES string of the molecule is COCCCOc1ccc(-c2ccc(-c3nnc(-c4ccc(C(=O)N[C@H]5CC(O)CNC(=O)C6C(O)C(C)CN6C(=O)C(C(O)CC(N)=O)NC(=O)C(C(O)Cc6ccc(O)c(OSOOO)c6)NC(=O)C6CC(O)CN6C(=O)C(C(C)O)NC5=O)cc4)s3)cc2)cc1. The van der Waals surface area contributed by atoms with Crippen LogP contribution in [0.3, 0.4) is 0 Å². The molecular weight excluding hydrogens is 1260 g/mol. The third-order valence-corrected chi connectivity index (χ3v) is 17.1. The van der Waals surface area contributed by atoms with Crippen molar-refractivity contribution in [3.05, 3.63) is 102 Å². The third kappa shape index (κ3) is 18.0. The molecule has 4 heterocycles. The highest BCUT2D eigenvalue weighted by Crippen LogP contribution is 2.34. The van der Waals surface area contributed by atoms with Crippen molar-refractivity contribution in [2.45, 2.75) is 119 Å². The van der Waals surface area contributed by atoms with Gasteiger partial charge in [-0.3, -0.25) is 38.4 Å². The maximum Gasteiger partial charge on any atom is 0.261 e. The standard InChI is InChI=1S/C60H72N10O21S2/c1-29-27-70-50(51(29)78)56(83)62-26-37(72)23-40(63-52(79)34-8-12-36(13-9-34)58-68-67-57(92-58)35-10-6-32(7-11-35)33-14-16-39(17-15-33)88-20-4-19-87-3)53(80)64-47(30(2)71)59(84)69-28-38(73)24-41(69)54(81)65-48(55(82)66-49(60(70)85)44(76)25-46(61)77)43(75)21-31-5-18-42(74)45(22-31)89-93-91-90-86/h5-18,22,29-30,37-38,40-41,43-44,47-51,71-76,78,86H,4,19-21,23-28H2,1-3H3,(H2,61,77)(H,62,83)(H,63,79)(H,64,80)(H,65,81)(H,66,82)/t29?,30?,37?,38?,40-,41?,43?,44?,47?,48?,49?,50?,51?/m0/s1. The number of hydrogen-bond acceptors (Lipinski definition) is 25. The van der Waals surface area contributed by atoms with Gasteiger partial charge in [-0.2, -0.15) is 0 Å². The Kier molecular flexibility index (Phi) is 24.5. The van der Waals surface area contributed by atoms with Gasteiger partial charge in [0.1, 0.15) is 52.0 Å². The average molecular weight is 1330 g/mol. The van der Waals surface area contributed by atoms with E-state index in [2.05, 4.69) is 46.2 Å². The maximum absolute atomic E-state index is 14.7. The first kappa shape index (κ1) is 70.4. The van der Waals surface area contributed by atoms with E-state index in [0.29, 0.717) is 28.8 Å². The van der Waals surface area contributed by atoms with Gasteiger partial charge in [-0.15, -0.1) is 10.2 Å². The lowest BCUT2D eigenvalue weighted by Gasteiger charge is -2.33. The minimum absolute atomic E-state index is 0.00339. The first-order chi connectivity index (χ1) is 44.4. The second-order valence-corrected chi connectivity index (χ2v) is 24.0. The molecule has 8 rings (SSSR count). The zero-order valence-corrected chi connectivity index (χ0v) is 51.9. The molecule has 0 bridgehead atoms. The van der Waals surface area contributed by atoms with E-state index in [1.807, 2.05) is 48.5 Å². The molecular formula is C60H72N10O21S2. The molecule has 0 radical (unpaired) electrons. The fraction of sp³-hybridized carbons (Fsp3) is 0.433. The molecule has 0 saturated carbocycles. The number of primary amides is 1. The van der Waals surface area contributed by atoms with E-state index < -0.39 is 177 Å². The molecule has 3 saturated heterocycles. The van der Waals surface area contributed by atoms with Crippen molar-refractivity contribution in [2.24, 2.45) is 11.7 Å². The highest BCUT2D eigenvalue weighted by Gasteiger charge is 2.50. The number of nitrogens with one attached hydrogen (secondary N) is 5. The predicted molar refractivity (Wildman–Crippen MR) is 328 cm³/mol. The molecule has 3 aliphatic heterocycles. The van der Waals surface area contributed by atoms with Gasteiger partial charge in [0, 0.05) is 81.6 Å². The van der Waals surface area contributed by atoms with Crippen LogP contribution in [0.4, 0.5) is 0 Å². The summed E-state index contributed by atoms with van der Waals surface area (Å²) in [5.41, 5.74) is 8.80. The van der Waals surface area contributed by atoms with E-state index in [9.17, 15) is 74.1 Å². The van der Waals surface area contributed by atoms with Crippen LogP contribution >= 0.6 is 23.7 Å². The van der Waals surface area contributed by atoms with Gasteiger partial charge in [0.25, 0.3) is 18.2 Å². The summed E-state index contributed by atoms with van der Waals surface area (Å²) in [5, 5.41) is 113. The molecule has 0 aliphatic carbocycles. The van der Waals surface area contributed by atoms with Crippen molar-refractivity contribution < 1.29 is 102 Å². The fourth-order valence-electron chi connectivity index (χ4n) is 10.8. The smallest absolute Gasteiger partial charge is 0.261 e. The second-order valence-electron chi connectivity index (χ2n) is 22.6. The monoisotopic (exact) mass is 1330 g/mol. The van der Waals surface area contributed by atoms with Gasteiger partial charge in [-0.05, 0) is 60.0 Å². The highest BCUT2D eigenvalue weighted by atomic mass is 32.2. The number of nitrogens with two attached hydrogens (primary N) is 1. The Hall–Kier alpha value is -8.45. The largest absolute Gasteiger partial charge is 0.504 e. The summed E-state index contributed by atoms with van der Waals surface area (Å²) >= 11 is 1.34. The molecule has 31 nitrogen and oxygen atoms in total. The molecule has 1 aromatic heterocycles. The molecule has 4 aromatic carbocycles.